The minimum absolute atomic E-state index is 0.812. The molecule has 0 fully saturated rings. The zero-order chi connectivity index (χ0) is 12.1. The molecule has 2 aromatic rings. The largest absolute Gasteiger partial charge is 0.0870 e. The Morgan fingerprint density at radius 2 is 1.18 bits per heavy atom. The lowest BCUT2D eigenvalue weighted by molar-refractivity contribution is 1.53. The topological polar surface area (TPSA) is 0 Å². The first-order chi connectivity index (χ1) is 8.33. The number of benzene rings is 2. The Balaban J connectivity index is 2.56. The van der Waals surface area contributed by atoms with Gasteiger partial charge in [-0.1, -0.05) is 92.5 Å². The maximum atomic E-state index is 3.65. The van der Waals surface area contributed by atoms with Gasteiger partial charge in [0.1, 0.15) is 0 Å². The van der Waals surface area contributed by atoms with Crippen LogP contribution in [0.1, 0.15) is 11.1 Å². The minimum atomic E-state index is 0.812. The number of alkyl halides is 1. The summed E-state index contributed by atoms with van der Waals surface area (Å²) < 4.78 is 1.16. The molecule has 0 aromatic heterocycles. The summed E-state index contributed by atoms with van der Waals surface area (Å²) in [6, 6.07) is 20.8. The van der Waals surface area contributed by atoms with Crippen LogP contribution in [0, 0.1) is 0 Å². The number of rotatable bonds is 3. The fraction of sp³-hybridized carbons (Fsp3) is 0.0667. The summed E-state index contributed by atoms with van der Waals surface area (Å²) in [5.74, 6) is 0. The number of allylic oxidation sites excluding steroid dienone is 1. The SMILES string of the molecule is BrCC(Br)=C(c1ccccc1)c1ccccc1. The lowest BCUT2D eigenvalue weighted by Gasteiger charge is -2.10. The van der Waals surface area contributed by atoms with Crippen molar-refractivity contribution < 1.29 is 0 Å². The predicted octanol–water partition coefficient (Wildman–Crippen LogP) is 5.24. The maximum absolute atomic E-state index is 3.65. The van der Waals surface area contributed by atoms with Gasteiger partial charge in [-0.05, 0) is 16.7 Å². The van der Waals surface area contributed by atoms with Crippen LogP contribution in [0.4, 0.5) is 0 Å². The van der Waals surface area contributed by atoms with Gasteiger partial charge in [0.2, 0.25) is 0 Å². The Morgan fingerprint density at radius 1 is 0.765 bits per heavy atom. The second kappa shape index (κ2) is 6.18. The smallest absolute Gasteiger partial charge is 0.0355 e. The Kier molecular flexibility index (Phi) is 4.57. The third kappa shape index (κ3) is 3.08. The minimum Gasteiger partial charge on any atom is -0.0870 e. The van der Waals surface area contributed by atoms with E-state index < -0.39 is 0 Å². The summed E-state index contributed by atoms with van der Waals surface area (Å²) in [6.45, 7) is 0. The van der Waals surface area contributed by atoms with Gasteiger partial charge in [-0.2, -0.15) is 0 Å². The molecule has 0 atom stereocenters. The van der Waals surface area contributed by atoms with E-state index in [4.69, 9.17) is 0 Å². The van der Waals surface area contributed by atoms with Gasteiger partial charge >= 0.3 is 0 Å². The highest BCUT2D eigenvalue weighted by molar-refractivity contribution is 9.13. The van der Waals surface area contributed by atoms with Crippen LogP contribution in [-0.2, 0) is 0 Å². The van der Waals surface area contributed by atoms with Crippen molar-refractivity contribution in [3.63, 3.8) is 0 Å². The lowest BCUT2D eigenvalue weighted by Crippen LogP contribution is -1.91. The third-order valence-electron chi connectivity index (χ3n) is 2.51. The molecule has 0 bridgehead atoms. The van der Waals surface area contributed by atoms with Crippen LogP contribution in [0.3, 0.4) is 0 Å². The highest BCUT2D eigenvalue weighted by Gasteiger charge is 2.08. The molecule has 2 heteroatoms. The summed E-state index contributed by atoms with van der Waals surface area (Å²) >= 11 is 7.15. The fourth-order valence-corrected chi connectivity index (χ4v) is 2.49. The summed E-state index contributed by atoms with van der Waals surface area (Å²) in [5, 5.41) is 0.812. The molecule has 0 nitrogen and oxygen atoms in total. The lowest BCUT2D eigenvalue weighted by atomic mass is 9.98. The second-order valence-corrected chi connectivity index (χ2v) is 5.16. The Labute approximate surface area is 119 Å². The highest BCUT2D eigenvalue weighted by atomic mass is 79.9. The van der Waals surface area contributed by atoms with E-state index in [1.54, 1.807) is 0 Å². The van der Waals surface area contributed by atoms with Crippen molar-refractivity contribution in [3.8, 4) is 0 Å². The van der Waals surface area contributed by atoms with E-state index in [-0.39, 0.29) is 0 Å². The normalized spacial score (nSPS) is 10.0. The van der Waals surface area contributed by atoms with E-state index in [2.05, 4.69) is 80.4 Å². The summed E-state index contributed by atoms with van der Waals surface area (Å²) in [6.07, 6.45) is 0. The van der Waals surface area contributed by atoms with Gasteiger partial charge in [0.25, 0.3) is 0 Å². The Morgan fingerprint density at radius 3 is 1.53 bits per heavy atom. The molecule has 0 aliphatic rings. The standard InChI is InChI=1S/C15H12Br2/c16-11-14(17)15(12-7-3-1-4-8-12)13-9-5-2-6-10-13/h1-10H,11H2. The number of hydrogen-bond donors (Lipinski definition) is 0. The van der Waals surface area contributed by atoms with Gasteiger partial charge in [0.15, 0.2) is 0 Å². The maximum Gasteiger partial charge on any atom is 0.0355 e. The first kappa shape index (κ1) is 12.6. The predicted molar refractivity (Wildman–Crippen MR) is 81.6 cm³/mol. The van der Waals surface area contributed by atoms with Crippen molar-refractivity contribution in [1.82, 2.24) is 0 Å². The average Bonchev–Trinajstić information content (AvgIpc) is 2.41. The van der Waals surface area contributed by atoms with E-state index >= 15 is 0 Å². The van der Waals surface area contributed by atoms with Gasteiger partial charge < -0.3 is 0 Å². The van der Waals surface area contributed by atoms with Gasteiger partial charge in [-0.3, -0.25) is 0 Å². The van der Waals surface area contributed by atoms with Gasteiger partial charge in [-0.15, -0.1) is 0 Å². The van der Waals surface area contributed by atoms with Crippen LogP contribution in [0.15, 0.2) is 65.1 Å². The van der Waals surface area contributed by atoms with Crippen molar-refractivity contribution in [2.24, 2.45) is 0 Å². The molecule has 86 valence electrons. The molecular formula is C15H12Br2. The van der Waals surface area contributed by atoms with Gasteiger partial charge in [0.05, 0.1) is 0 Å². The molecule has 0 saturated carbocycles. The molecule has 17 heavy (non-hydrogen) atoms. The van der Waals surface area contributed by atoms with Crippen molar-refractivity contribution >= 4 is 37.4 Å². The van der Waals surface area contributed by atoms with Gasteiger partial charge in [-0.25, -0.2) is 0 Å². The molecule has 2 aromatic carbocycles. The molecular weight excluding hydrogens is 340 g/mol. The molecule has 0 radical (unpaired) electrons. The summed E-state index contributed by atoms with van der Waals surface area (Å²) in [4.78, 5) is 0. The average molecular weight is 352 g/mol. The quantitative estimate of drug-likeness (QED) is 0.663. The Bertz CT molecular complexity index is 459. The van der Waals surface area contributed by atoms with E-state index in [0.29, 0.717) is 0 Å². The van der Waals surface area contributed by atoms with Crippen LogP contribution in [0.5, 0.6) is 0 Å². The van der Waals surface area contributed by atoms with E-state index in [1.165, 1.54) is 16.7 Å². The fourth-order valence-electron chi connectivity index (χ4n) is 1.76. The molecule has 0 aliphatic heterocycles. The monoisotopic (exact) mass is 350 g/mol. The number of hydrogen-bond acceptors (Lipinski definition) is 0. The Hall–Kier alpha value is -0.860. The van der Waals surface area contributed by atoms with Crippen LogP contribution in [0.2, 0.25) is 0 Å². The molecule has 0 unspecified atom stereocenters. The first-order valence-corrected chi connectivity index (χ1v) is 7.30. The summed E-state index contributed by atoms with van der Waals surface area (Å²) in [5.41, 5.74) is 3.69. The van der Waals surface area contributed by atoms with E-state index in [9.17, 15) is 0 Å². The number of halogens is 2. The second-order valence-electron chi connectivity index (χ2n) is 3.65. The van der Waals surface area contributed by atoms with Crippen LogP contribution >= 0.6 is 31.9 Å². The van der Waals surface area contributed by atoms with Crippen molar-refractivity contribution in [3.05, 3.63) is 76.3 Å². The van der Waals surface area contributed by atoms with Gasteiger partial charge in [0, 0.05) is 9.81 Å². The van der Waals surface area contributed by atoms with Crippen LogP contribution in [0.25, 0.3) is 5.57 Å². The van der Waals surface area contributed by atoms with E-state index in [0.717, 1.165) is 9.81 Å². The summed E-state index contributed by atoms with van der Waals surface area (Å²) in [7, 11) is 0. The molecule has 2 rings (SSSR count). The highest BCUT2D eigenvalue weighted by Crippen LogP contribution is 2.30. The van der Waals surface area contributed by atoms with Crippen molar-refractivity contribution in [1.29, 1.82) is 0 Å². The first-order valence-electron chi connectivity index (χ1n) is 5.38. The molecule has 0 N–H and O–H groups in total. The molecule has 0 heterocycles. The van der Waals surface area contributed by atoms with Crippen LogP contribution in [-0.4, -0.2) is 5.33 Å². The molecule has 0 spiro atoms. The zero-order valence-electron chi connectivity index (χ0n) is 9.24. The zero-order valence-corrected chi connectivity index (χ0v) is 12.4. The molecule has 0 amide bonds. The molecule has 0 aliphatic carbocycles. The molecule has 0 saturated heterocycles. The third-order valence-corrected chi connectivity index (χ3v) is 4.50. The van der Waals surface area contributed by atoms with Crippen LogP contribution < -0.4 is 0 Å². The van der Waals surface area contributed by atoms with Crippen molar-refractivity contribution in [2.75, 3.05) is 5.33 Å². The van der Waals surface area contributed by atoms with E-state index in [1.807, 2.05) is 12.1 Å². The van der Waals surface area contributed by atoms with Crippen molar-refractivity contribution in [2.45, 2.75) is 0 Å².